The van der Waals surface area contributed by atoms with Gasteiger partial charge in [0.15, 0.2) is 5.78 Å². The summed E-state index contributed by atoms with van der Waals surface area (Å²) in [6.07, 6.45) is 4.06. The second-order valence-corrected chi connectivity index (χ2v) is 11.9. The number of carbonyl (C=O) groups is 1. The van der Waals surface area contributed by atoms with Crippen molar-refractivity contribution in [3.63, 3.8) is 0 Å². The number of benzene rings is 2. The van der Waals surface area contributed by atoms with Crippen molar-refractivity contribution in [1.82, 2.24) is 4.90 Å². The third kappa shape index (κ3) is 6.00. The first kappa shape index (κ1) is 27.5. The van der Waals surface area contributed by atoms with Gasteiger partial charge >= 0.3 is 0 Å². The smallest absolute Gasteiger partial charge is 0.182 e. The number of likely N-dealkylation sites (tertiary alicyclic amines) is 1. The lowest BCUT2D eigenvalue weighted by Crippen LogP contribution is -2.31. The van der Waals surface area contributed by atoms with E-state index in [9.17, 15) is 9.90 Å². The summed E-state index contributed by atoms with van der Waals surface area (Å²) in [7, 11) is 1.65. The summed E-state index contributed by atoms with van der Waals surface area (Å²) in [6.45, 7) is 15.2. The number of ketones is 1. The fourth-order valence-corrected chi connectivity index (χ4v) is 4.84. The van der Waals surface area contributed by atoms with Gasteiger partial charge in [0.05, 0.1) is 13.7 Å². The minimum absolute atomic E-state index is 0.0308. The molecule has 1 unspecified atom stereocenters. The van der Waals surface area contributed by atoms with Crippen LogP contribution in [-0.2, 0) is 10.8 Å². The van der Waals surface area contributed by atoms with Crippen LogP contribution in [-0.4, -0.2) is 41.8 Å². The highest BCUT2D eigenvalue weighted by Gasteiger charge is 2.34. The zero-order valence-electron chi connectivity index (χ0n) is 23.2. The molecule has 1 aliphatic rings. The fraction of sp³-hybridized carbons (Fsp3) is 0.484. The molecule has 36 heavy (non-hydrogen) atoms. The van der Waals surface area contributed by atoms with E-state index in [0.29, 0.717) is 17.9 Å². The van der Waals surface area contributed by atoms with Crippen LogP contribution >= 0.6 is 0 Å². The zero-order chi connectivity index (χ0) is 26.8. The normalized spacial score (nSPS) is 17.7. The second-order valence-electron chi connectivity index (χ2n) is 11.9. The molecule has 5 nitrogen and oxygen atoms in total. The Morgan fingerprint density at radius 1 is 1.08 bits per heavy atom. The van der Waals surface area contributed by atoms with E-state index in [1.54, 1.807) is 7.11 Å². The summed E-state index contributed by atoms with van der Waals surface area (Å²) < 4.78 is 5.26. The molecule has 0 saturated carbocycles. The van der Waals surface area contributed by atoms with E-state index in [2.05, 4.69) is 13.0 Å². The molecule has 2 aromatic rings. The predicted octanol–water partition coefficient (Wildman–Crippen LogP) is 6.97. The van der Waals surface area contributed by atoms with Crippen LogP contribution in [0.3, 0.4) is 0 Å². The lowest BCUT2D eigenvalue weighted by Gasteiger charge is -2.28. The first-order valence-electron chi connectivity index (χ1n) is 12.9. The summed E-state index contributed by atoms with van der Waals surface area (Å²) in [6, 6.07) is 11.5. The number of phenols is 1. The Morgan fingerprint density at radius 3 is 2.11 bits per heavy atom. The van der Waals surface area contributed by atoms with Crippen molar-refractivity contribution in [2.24, 2.45) is 5.92 Å². The summed E-state index contributed by atoms with van der Waals surface area (Å²) in [5.41, 5.74) is 3.54. The van der Waals surface area contributed by atoms with Crippen molar-refractivity contribution in [1.29, 1.82) is 5.41 Å². The quantitative estimate of drug-likeness (QED) is 0.411. The SMILES string of the molecule is CCCC1CN(CC(=O)c2cc(C(C)(C)C)c(O)c(C(C)(C)C)c2)C(=N)/C1=C/c1ccc(OC)cc1. The van der Waals surface area contributed by atoms with Gasteiger partial charge in [0.25, 0.3) is 0 Å². The number of Topliss-reactive ketones (excluding diaryl/α,β-unsaturated/α-hetero) is 1. The molecule has 1 aliphatic heterocycles. The summed E-state index contributed by atoms with van der Waals surface area (Å²) >= 11 is 0. The van der Waals surface area contributed by atoms with Gasteiger partial charge in [-0.25, -0.2) is 0 Å². The second kappa shape index (κ2) is 10.5. The number of rotatable bonds is 7. The molecule has 0 aromatic heterocycles. The third-order valence-electron chi connectivity index (χ3n) is 6.93. The molecule has 2 N–H and O–H groups in total. The number of ether oxygens (including phenoxy) is 1. The molecule has 1 heterocycles. The average molecular weight is 491 g/mol. The first-order chi connectivity index (χ1) is 16.8. The van der Waals surface area contributed by atoms with Crippen LogP contribution in [0.2, 0.25) is 0 Å². The van der Waals surface area contributed by atoms with Gasteiger partial charge in [-0.1, -0.05) is 67.0 Å². The van der Waals surface area contributed by atoms with Gasteiger partial charge < -0.3 is 14.7 Å². The minimum atomic E-state index is -0.304. The molecule has 5 heteroatoms. The highest BCUT2D eigenvalue weighted by molar-refractivity contribution is 6.06. The third-order valence-corrected chi connectivity index (χ3v) is 6.93. The van der Waals surface area contributed by atoms with Crippen molar-refractivity contribution < 1.29 is 14.6 Å². The number of nitrogens with zero attached hydrogens (tertiary/aromatic N) is 1. The standard InChI is InChI=1S/C31H42N2O3/c1-9-10-21-18-33(29(32)24(21)15-20-11-13-23(36-8)14-12-20)19-27(34)22-16-25(30(2,3)4)28(35)26(17-22)31(5,6)7/h11-17,21,32,35H,9-10,18-19H2,1-8H3/b24-15+,32-29?. The molecule has 3 rings (SSSR count). The molecule has 1 fully saturated rings. The Kier molecular flexibility index (Phi) is 8.02. The molecular formula is C31H42N2O3. The number of amidine groups is 1. The number of carbonyl (C=O) groups excluding carboxylic acids is 1. The molecular weight excluding hydrogens is 448 g/mol. The highest BCUT2D eigenvalue weighted by Crippen LogP contribution is 2.40. The van der Waals surface area contributed by atoms with Crippen molar-refractivity contribution >= 4 is 17.7 Å². The van der Waals surface area contributed by atoms with Crippen LogP contribution in [0.1, 0.15) is 88.4 Å². The number of nitrogens with one attached hydrogen (secondary N) is 1. The van der Waals surface area contributed by atoms with Gasteiger partial charge in [-0.15, -0.1) is 0 Å². The fourth-order valence-electron chi connectivity index (χ4n) is 4.84. The molecule has 0 amide bonds. The number of methoxy groups -OCH3 is 1. The lowest BCUT2D eigenvalue weighted by molar-refractivity contribution is 0.0963. The summed E-state index contributed by atoms with van der Waals surface area (Å²) in [5, 5.41) is 19.9. The molecule has 1 atom stereocenters. The van der Waals surface area contributed by atoms with Gasteiger partial charge in [-0.3, -0.25) is 10.2 Å². The van der Waals surface area contributed by atoms with E-state index in [1.165, 1.54) is 0 Å². The van der Waals surface area contributed by atoms with E-state index in [4.69, 9.17) is 10.1 Å². The van der Waals surface area contributed by atoms with Crippen molar-refractivity contribution in [3.8, 4) is 11.5 Å². The Morgan fingerprint density at radius 2 is 1.64 bits per heavy atom. The van der Waals surface area contributed by atoms with Crippen molar-refractivity contribution in [3.05, 3.63) is 64.2 Å². The molecule has 194 valence electrons. The maximum absolute atomic E-state index is 13.6. The largest absolute Gasteiger partial charge is 0.507 e. The van der Waals surface area contributed by atoms with Gasteiger partial charge in [0, 0.05) is 29.2 Å². The molecule has 0 bridgehead atoms. The Balaban J connectivity index is 1.92. The minimum Gasteiger partial charge on any atom is -0.507 e. The lowest BCUT2D eigenvalue weighted by atomic mass is 9.78. The van der Waals surface area contributed by atoms with Crippen molar-refractivity contribution in [2.45, 2.75) is 72.1 Å². The van der Waals surface area contributed by atoms with Crippen LogP contribution in [0.4, 0.5) is 0 Å². The average Bonchev–Trinajstić information content (AvgIpc) is 3.07. The van der Waals surface area contributed by atoms with Gasteiger partial charge in [-0.05, 0) is 58.7 Å². The highest BCUT2D eigenvalue weighted by atomic mass is 16.5. The number of hydrogen-bond donors (Lipinski definition) is 2. The van der Waals surface area contributed by atoms with Gasteiger partial charge in [0.2, 0.25) is 0 Å². The van der Waals surface area contributed by atoms with Crippen LogP contribution in [0.5, 0.6) is 11.5 Å². The van der Waals surface area contributed by atoms with E-state index in [-0.39, 0.29) is 34.8 Å². The van der Waals surface area contributed by atoms with Crippen LogP contribution in [0, 0.1) is 11.3 Å². The predicted molar refractivity (Wildman–Crippen MR) is 149 cm³/mol. The summed E-state index contributed by atoms with van der Waals surface area (Å²) in [4.78, 5) is 15.5. The molecule has 0 aliphatic carbocycles. The number of phenolic OH excluding ortho intramolecular Hbond substituents is 1. The zero-order valence-corrected chi connectivity index (χ0v) is 23.2. The molecule has 1 saturated heterocycles. The van der Waals surface area contributed by atoms with E-state index < -0.39 is 0 Å². The topological polar surface area (TPSA) is 73.6 Å². The summed E-state index contributed by atoms with van der Waals surface area (Å²) in [5.74, 6) is 1.68. The monoisotopic (exact) mass is 490 g/mol. The maximum Gasteiger partial charge on any atom is 0.182 e. The van der Waals surface area contributed by atoms with E-state index in [1.807, 2.05) is 82.8 Å². The number of aromatic hydroxyl groups is 1. The van der Waals surface area contributed by atoms with Crippen LogP contribution in [0.15, 0.2) is 42.0 Å². The van der Waals surface area contributed by atoms with Gasteiger partial charge in [-0.2, -0.15) is 0 Å². The molecule has 2 aromatic carbocycles. The van der Waals surface area contributed by atoms with Crippen molar-refractivity contribution in [2.75, 3.05) is 20.2 Å². The van der Waals surface area contributed by atoms with E-state index >= 15 is 0 Å². The van der Waals surface area contributed by atoms with Gasteiger partial charge in [0.1, 0.15) is 17.3 Å². The Bertz CT molecular complexity index is 1110. The van der Waals surface area contributed by atoms with E-state index in [0.717, 1.165) is 40.9 Å². The Labute approximate surface area is 216 Å². The van der Waals surface area contributed by atoms with Crippen LogP contribution < -0.4 is 4.74 Å². The Hall–Kier alpha value is -3.08. The van der Waals surface area contributed by atoms with Crippen LogP contribution in [0.25, 0.3) is 6.08 Å². The first-order valence-corrected chi connectivity index (χ1v) is 12.9. The number of hydrogen-bond acceptors (Lipinski definition) is 4. The maximum atomic E-state index is 13.6. The molecule has 0 spiro atoms. The molecule has 0 radical (unpaired) electrons.